The van der Waals surface area contributed by atoms with Crippen molar-refractivity contribution in [3.63, 3.8) is 0 Å². The van der Waals surface area contributed by atoms with Crippen LogP contribution in [0.25, 0.3) is 0 Å². The van der Waals surface area contributed by atoms with Gasteiger partial charge in [-0.2, -0.15) is 0 Å². The van der Waals surface area contributed by atoms with E-state index in [0.29, 0.717) is 11.5 Å². The van der Waals surface area contributed by atoms with Crippen LogP contribution >= 0.6 is 0 Å². The summed E-state index contributed by atoms with van der Waals surface area (Å²) in [6, 6.07) is 15.2. The van der Waals surface area contributed by atoms with E-state index in [1.54, 1.807) is 42.5 Å². The molecule has 0 aliphatic rings. The molecule has 0 amide bonds. The average Bonchev–Trinajstić information content (AvgIpc) is 2.31. The molecule has 2 N–H and O–H groups in total. The summed E-state index contributed by atoms with van der Waals surface area (Å²) in [4.78, 5) is 0. The zero-order valence-electron chi connectivity index (χ0n) is 9.28. The molecule has 2 aromatic rings. The highest BCUT2D eigenvalue weighted by Gasteiger charge is 1.90. The Morgan fingerprint density at radius 3 is 2.00 bits per heavy atom. The van der Waals surface area contributed by atoms with Gasteiger partial charge in [0.2, 0.25) is 0 Å². The van der Waals surface area contributed by atoms with Gasteiger partial charge in [-0.25, -0.2) is 0 Å². The number of ether oxygens (including phenoxy) is 1. The first-order valence-electron chi connectivity index (χ1n) is 5.03. The van der Waals surface area contributed by atoms with Crippen LogP contribution in [0.5, 0.6) is 17.2 Å². The predicted octanol–water partition coefficient (Wildman–Crippen LogP) is 3.31. The summed E-state index contributed by atoms with van der Waals surface area (Å²) in [6.07, 6.45) is 1.31. The second kappa shape index (κ2) is 6.95. The first-order chi connectivity index (χ1) is 8.22. The Labute approximate surface area is 100 Å². The maximum Gasteiger partial charge on any atom is 0.130 e. The summed E-state index contributed by atoms with van der Waals surface area (Å²) in [5.74, 6) is 1.11. The third-order valence-corrected chi connectivity index (χ3v) is 1.79. The molecule has 0 unspecified atom stereocenters. The van der Waals surface area contributed by atoms with Crippen LogP contribution in [0, 0.1) is 0 Å². The second-order valence-electron chi connectivity index (χ2n) is 3.12. The fraction of sp³-hybridized carbons (Fsp3) is 0. The van der Waals surface area contributed by atoms with Crippen molar-refractivity contribution in [2.24, 2.45) is 0 Å². The van der Waals surface area contributed by atoms with Gasteiger partial charge < -0.3 is 14.9 Å². The third-order valence-electron chi connectivity index (χ3n) is 1.79. The van der Waals surface area contributed by atoms with Gasteiger partial charge in [0.05, 0.1) is 6.26 Å². The number of hydrogen-bond acceptors (Lipinski definition) is 3. The van der Waals surface area contributed by atoms with Crippen molar-refractivity contribution in [1.82, 2.24) is 0 Å². The molecule has 17 heavy (non-hydrogen) atoms. The van der Waals surface area contributed by atoms with E-state index in [2.05, 4.69) is 6.58 Å². The Balaban J connectivity index is 0.000000181. The molecule has 0 fully saturated rings. The van der Waals surface area contributed by atoms with Crippen molar-refractivity contribution in [2.75, 3.05) is 0 Å². The molecule has 0 aliphatic heterocycles. The zero-order chi connectivity index (χ0) is 12.5. The number of rotatable bonds is 2. The lowest BCUT2D eigenvalue weighted by molar-refractivity contribution is 0.455. The molecule has 88 valence electrons. The lowest BCUT2D eigenvalue weighted by Gasteiger charge is -1.97. The highest BCUT2D eigenvalue weighted by Crippen LogP contribution is 2.17. The molecule has 0 bridgehead atoms. The highest BCUT2D eigenvalue weighted by atomic mass is 16.5. The first kappa shape index (κ1) is 12.6. The minimum absolute atomic E-state index is 0.194. The van der Waals surface area contributed by atoms with Crippen molar-refractivity contribution < 1.29 is 14.9 Å². The van der Waals surface area contributed by atoms with Crippen LogP contribution in [0.4, 0.5) is 0 Å². The van der Waals surface area contributed by atoms with Crippen LogP contribution in [-0.4, -0.2) is 10.2 Å². The number of aromatic hydroxyl groups is 2. The summed E-state index contributed by atoms with van der Waals surface area (Å²) in [7, 11) is 0. The number of hydrogen-bond donors (Lipinski definition) is 2. The van der Waals surface area contributed by atoms with E-state index >= 15 is 0 Å². The fourth-order valence-electron chi connectivity index (χ4n) is 1.08. The molecule has 3 heteroatoms. The highest BCUT2D eigenvalue weighted by molar-refractivity contribution is 5.32. The fourth-order valence-corrected chi connectivity index (χ4v) is 1.08. The van der Waals surface area contributed by atoms with Crippen molar-refractivity contribution in [3.05, 3.63) is 67.4 Å². The Kier molecular flexibility index (Phi) is 5.17. The SMILES string of the molecule is C=COc1cccc(O)c1.Oc1ccccc1. The van der Waals surface area contributed by atoms with Gasteiger partial charge in [0, 0.05) is 6.07 Å². The van der Waals surface area contributed by atoms with E-state index in [-0.39, 0.29) is 5.75 Å². The summed E-state index contributed by atoms with van der Waals surface area (Å²) in [6.45, 7) is 3.38. The molecular formula is C14H14O3. The van der Waals surface area contributed by atoms with Gasteiger partial charge in [-0.3, -0.25) is 0 Å². The van der Waals surface area contributed by atoms with Gasteiger partial charge >= 0.3 is 0 Å². The van der Waals surface area contributed by atoms with Crippen LogP contribution < -0.4 is 4.74 Å². The molecule has 0 radical (unpaired) electrons. The molecule has 0 aliphatic carbocycles. The monoisotopic (exact) mass is 230 g/mol. The Bertz CT molecular complexity index is 452. The van der Waals surface area contributed by atoms with Crippen LogP contribution in [0.1, 0.15) is 0 Å². The van der Waals surface area contributed by atoms with E-state index in [4.69, 9.17) is 14.9 Å². The van der Waals surface area contributed by atoms with E-state index in [9.17, 15) is 0 Å². The minimum atomic E-state index is 0.194. The van der Waals surface area contributed by atoms with Crippen LogP contribution in [0.3, 0.4) is 0 Å². The van der Waals surface area contributed by atoms with Crippen molar-refractivity contribution in [1.29, 1.82) is 0 Å². The summed E-state index contributed by atoms with van der Waals surface area (Å²) >= 11 is 0. The number of benzene rings is 2. The standard InChI is InChI=1S/C8H8O2.C6H6O/c1-2-10-8-5-3-4-7(9)6-8;7-6-4-2-1-3-5-6/h2-6,9H,1H2;1-5,7H. The molecule has 0 heterocycles. The second-order valence-corrected chi connectivity index (χ2v) is 3.12. The van der Waals surface area contributed by atoms with Gasteiger partial charge in [-0.1, -0.05) is 30.8 Å². The topological polar surface area (TPSA) is 49.7 Å². The molecule has 0 aromatic heterocycles. The van der Waals surface area contributed by atoms with Gasteiger partial charge in [0.1, 0.15) is 17.2 Å². The van der Waals surface area contributed by atoms with Gasteiger partial charge in [0.25, 0.3) is 0 Å². The molecule has 0 spiro atoms. The predicted molar refractivity (Wildman–Crippen MR) is 67.0 cm³/mol. The number of phenolic OH excluding ortho intramolecular Hbond substituents is 2. The van der Waals surface area contributed by atoms with Gasteiger partial charge in [-0.05, 0) is 24.3 Å². The van der Waals surface area contributed by atoms with Crippen LogP contribution in [0.15, 0.2) is 67.4 Å². The molecule has 2 rings (SSSR count). The van der Waals surface area contributed by atoms with E-state index in [1.165, 1.54) is 12.3 Å². The minimum Gasteiger partial charge on any atom is -0.508 e. The van der Waals surface area contributed by atoms with E-state index in [1.807, 2.05) is 6.07 Å². The Hall–Kier alpha value is -2.42. The number of para-hydroxylation sites is 1. The number of phenols is 2. The molecule has 0 saturated heterocycles. The first-order valence-corrected chi connectivity index (χ1v) is 5.03. The summed E-state index contributed by atoms with van der Waals surface area (Å²) in [5.41, 5.74) is 0. The van der Waals surface area contributed by atoms with E-state index in [0.717, 1.165) is 0 Å². The normalized spacial score (nSPS) is 8.71. The van der Waals surface area contributed by atoms with E-state index < -0.39 is 0 Å². The molecule has 0 atom stereocenters. The molecule has 3 nitrogen and oxygen atoms in total. The van der Waals surface area contributed by atoms with Crippen LogP contribution in [0.2, 0.25) is 0 Å². The zero-order valence-corrected chi connectivity index (χ0v) is 9.28. The third kappa shape index (κ3) is 5.28. The van der Waals surface area contributed by atoms with Gasteiger partial charge in [0.15, 0.2) is 0 Å². The summed E-state index contributed by atoms with van der Waals surface area (Å²) < 4.78 is 4.89. The maximum absolute atomic E-state index is 8.93. The largest absolute Gasteiger partial charge is 0.508 e. The Morgan fingerprint density at radius 2 is 1.53 bits per heavy atom. The summed E-state index contributed by atoms with van der Waals surface area (Å²) in [5, 5.41) is 17.6. The molecular weight excluding hydrogens is 216 g/mol. The van der Waals surface area contributed by atoms with Crippen molar-refractivity contribution in [3.8, 4) is 17.2 Å². The molecule has 2 aromatic carbocycles. The maximum atomic E-state index is 8.93. The quantitative estimate of drug-likeness (QED) is 0.778. The molecule has 0 saturated carbocycles. The van der Waals surface area contributed by atoms with Gasteiger partial charge in [-0.15, -0.1) is 0 Å². The van der Waals surface area contributed by atoms with Crippen LogP contribution in [-0.2, 0) is 0 Å². The van der Waals surface area contributed by atoms with Crippen molar-refractivity contribution in [2.45, 2.75) is 0 Å². The lowest BCUT2D eigenvalue weighted by Crippen LogP contribution is -1.78. The lowest BCUT2D eigenvalue weighted by atomic mass is 10.3. The Morgan fingerprint density at radius 1 is 0.882 bits per heavy atom. The van der Waals surface area contributed by atoms with Crippen molar-refractivity contribution >= 4 is 0 Å². The average molecular weight is 230 g/mol. The smallest absolute Gasteiger partial charge is 0.130 e.